The SMILES string of the molecule is Cc1ccc(N(S(=O)(=O)O)S(=O)(=O)O)c(Cl)c1. The van der Waals surface area contributed by atoms with Crippen molar-refractivity contribution in [2.24, 2.45) is 0 Å². The van der Waals surface area contributed by atoms with E-state index in [1.165, 1.54) is 12.1 Å². The van der Waals surface area contributed by atoms with Gasteiger partial charge in [0.1, 0.15) is 0 Å². The monoisotopic (exact) mass is 301 g/mol. The Morgan fingerprint density at radius 3 is 1.94 bits per heavy atom. The minimum absolute atomic E-state index is 0.250. The Kier molecular flexibility index (Phi) is 3.69. The van der Waals surface area contributed by atoms with Gasteiger partial charge in [0.25, 0.3) is 0 Å². The maximum atomic E-state index is 10.9. The highest BCUT2D eigenvalue weighted by atomic mass is 35.5. The molecular weight excluding hydrogens is 294 g/mol. The summed E-state index contributed by atoms with van der Waals surface area (Å²) in [5, 5.41) is -0.250. The lowest BCUT2D eigenvalue weighted by Crippen LogP contribution is -2.36. The van der Waals surface area contributed by atoms with Crippen molar-refractivity contribution in [1.29, 1.82) is 0 Å². The fourth-order valence-corrected chi connectivity index (χ4v) is 3.32. The Morgan fingerprint density at radius 1 is 1.12 bits per heavy atom. The van der Waals surface area contributed by atoms with Gasteiger partial charge in [-0.2, -0.15) is 16.8 Å². The van der Waals surface area contributed by atoms with E-state index in [-0.39, 0.29) is 5.02 Å². The van der Waals surface area contributed by atoms with Crippen LogP contribution in [0.2, 0.25) is 5.02 Å². The third-order valence-corrected chi connectivity index (χ3v) is 4.38. The summed E-state index contributed by atoms with van der Waals surface area (Å²) in [7, 11) is -10.4. The van der Waals surface area contributed by atoms with Crippen LogP contribution >= 0.6 is 11.6 Å². The molecule has 0 atom stereocenters. The van der Waals surface area contributed by atoms with Crippen molar-refractivity contribution in [2.75, 3.05) is 3.71 Å². The molecule has 0 spiro atoms. The molecule has 0 heterocycles. The molecule has 0 fully saturated rings. The van der Waals surface area contributed by atoms with Crippen molar-refractivity contribution in [1.82, 2.24) is 0 Å². The van der Waals surface area contributed by atoms with Crippen molar-refractivity contribution < 1.29 is 25.9 Å². The highest BCUT2D eigenvalue weighted by Gasteiger charge is 2.33. The van der Waals surface area contributed by atoms with Crippen LogP contribution in [0, 0.1) is 6.92 Å². The van der Waals surface area contributed by atoms with E-state index in [9.17, 15) is 16.8 Å². The quantitative estimate of drug-likeness (QED) is 0.807. The lowest BCUT2D eigenvalue weighted by molar-refractivity contribution is 0.466. The van der Waals surface area contributed by atoms with E-state index in [2.05, 4.69) is 0 Å². The molecule has 0 unspecified atom stereocenters. The third kappa shape index (κ3) is 3.30. The molecule has 0 aliphatic carbocycles. The van der Waals surface area contributed by atoms with Crippen LogP contribution in [0.15, 0.2) is 18.2 Å². The molecule has 1 aromatic carbocycles. The van der Waals surface area contributed by atoms with E-state index in [0.29, 0.717) is 5.56 Å². The largest absolute Gasteiger partial charge is 0.375 e. The molecule has 1 aromatic rings. The standard InChI is InChI=1S/C7H8ClNO6S2/c1-5-2-3-7(6(8)4-5)9(16(10,11)12)17(13,14)15/h2-4H,1H3,(H,10,11,12)(H,13,14,15). The summed E-state index contributed by atoms with van der Waals surface area (Å²) in [4.78, 5) is 0. The smallest absolute Gasteiger partial charge is 0.268 e. The first kappa shape index (κ1) is 14.2. The van der Waals surface area contributed by atoms with Crippen molar-refractivity contribution in [3.8, 4) is 0 Å². The van der Waals surface area contributed by atoms with Gasteiger partial charge in [0.15, 0.2) is 0 Å². The van der Waals surface area contributed by atoms with Crippen LogP contribution in [0.3, 0.4) is 0 Å². The number of benzene rings is 1. The Morgan fingerprint density at radius 2 is 1.59 bits per heavy atom. The van der Waals surface area contributed by atoms with Crippen LogP contribution < -0.4 is 3.71 Å². The van der Waals surface area contributed by atoms with Gasteiger partial charge in [-0.3, -0.25) is 9.11 Å². The molecule has 0 amide bonds. The van der Waals surface area contributed by atoms with Crippen LogP contribution in [-0.2, 0) is 20.6 Å². The number of hydrogen-bond donors (Lipinski definition) is 2. The molecular formula is C7H8ClNO6S2. The molecule has 2 N–H and O–H groups in total. The summed E-state index contributed by atoms with van der Waals surface area (Å²) in [6.07, 6.45) is 0. The second-order valence-electron chi connectivity index (χ2n) is 3.11. The number of rotatable bonds is 3. The lowest BCUT2D eigenvalue weighted by atomic mass is 10.2. The molecule has 96 valence electrons. The molecule has 0 aliphatic rings. The molecule has 10 heteroatoms. The van der Waals surface area contributed by atoms with Crippen molar-refractivity contribution >= 4 is 37.9 Å². The zero-order valence-corrected chi connectivity index (χ0v) is 10.8. The van der Waals surface area contributed by atoms with E-state index in [4.69, 9.17) is 20.7 Å². The van der Waals surface area contributed by atoms with E-state index >= 15 is 0 Å². The Bertz CT molecular complexity index is 606. The van der Waals surface area contributed by atoms with Gasteiger partial charge in [0, 0.05) is 0 Å². The topological polar surface area (TPSA) is 112 Å². The average Bonchev–Trinajstić information content (AvgIpc) is 2.04. The van der Waals surface area contributed by atoms with Crippen molar-refractivity contribution in [2.45, 2.75) is 6.92 Å². The average molecular weight is 302 g/mol. The minimum atomic E-state index is -5.20. The van der Waals surface area contributed by atoms with Crippen LogP contribution in [0.1, 0.15) is 5.56 Å². The molecule has 0 bridgehead atoms. The molecule has 7 nitrogen and oxygen atoms in total. The number of halogens is 1. The van der Waals surface area contributed by atoms with Gasteiger partial charge in [-0.1, -0.05) is 17.7 Å². The number of anilines is 1. The van der Waals surface area contributed by atoms with Gasteiger partial charge in [-0.05, 0) is 24.6 Å². The van der Waals surface area contributed by atoms with E-state index in [1.54, 1.807) is 6.92 Å². The van der Waals surface area contributed by atoms with Gasteiger partial charge in [0.05, 0.1) is 10.7 Å². The fourth-order valence-electron chi connectivity index (χ4n) is 1.13. The first-order valence-electron chi connectivity index (χ1n) is 4.05. The molecule has 17 heavy (non-hydrogen) atoms. The summed E-state index contributed by atoms with van der Waals surface area (Å²) in [6.45, 7) is 1.64. The normalized spacial score (nSPS) is 12.5. The summed E-state index contributed by atoms with van der Waals surface area (Å²) < 4.78 is 60.6. The minimum Gasteiger partial charge on any atom is -0.268 e. The summed E-state index contributed by atoms with van der Waals surface area (Å²) in [5.74, 6) is 0. The maximum Gasteiger partial charge on any atom is 0.375 e. The molecule has 0 saturated carbocycles. The van der Waals surface area contributed by atoms with Gasteiger partial charge < -0.3 is 0 Å². The fraction of sp³-hybridized carbons (Fsp3) is 0.143. The number of nitrogens with zero attached hydrogens (tertiary/aromatic N) is 1. The van der Waals surface area contributed by atoms with Crippen LogP contribution in [0.4, 0.5) is 5.69 Å². The zero-order chi connectivity index (χ0) is 13.4. The van der Waals surface area contributed by atoms with Gasteiger partial charge in [0.2, 0.25) is 0 Å². The van der Waals surface area contributed by atoms with E-state index in [1.807, 2.05) is 0 Å². The Balaban J connectivity index is 3.56. The van der Waals surface area contributed by atoms with Gasteiger partial charge in [-0.25, -0.2) is 0 Å². The highest BCUT2D eigenvalue weighted by molar-refractivity contribution is 8.05. The van der Waals surface area contributed by atoms with Crippen LogP contribution in [-0.4, -0.2) is 25.9 Å². The molecule has 0 radical (unpaired) electrons. The second-order valence-corrected chi connectivity index (χ2v) is 6.27. The molecule has 0 saturated heterocycles. The third-order valence-electron chi connectivity index (χ3n) is 1.72. The van der Waals surface area contributed by atoms with Gasteiger partial charge >= 0.3 is 20.6 Å². The maximum absolute atomic E-state index is 10.9. The first-order chi connectivity index (χ1) is 7.53. The summed E-state index contributed by atoms with van der Waals surface area (Å²) in [5.41, 5.74) is 0.0756. The molecule has 0 aromatic heterocycles. The van der Waals surface area contributed by atoms with Crippen LogP contribution in [0.5, 0.6) is 0 Å². The van der Waals surface area contributed by atoms with Crippen molar-refractivity contribution in [3.05, 3.63) is 28.8 Å². The van der Waals surface area contributed by atoms with Crippen LogP contribution in [0.25, 0.3) is 0 Å². The Labute approximate surface area is 103 Å². The number of hydrogen-bond acceptors (Lipinski definition) is 4. The highest BCUT2D eigenvalue weighted by Crippen LogP contribution is 2.30. The predicted octanol–water partition coefficient (Wildman–Crippen LogP) is 1.06. The summed E-state index contributed by atoms with van der Waals surface area (Å²) >= 11 is 5.64. The predicted molar refractivity (Wildman–Crippen MR) is 61.8 cm³/mol. The second kappa shape index (κ2) is 4.42. The molecule has 1 rings (SSSR count). The zero-order valence-electron chi connectivity index (χ0n) is 8.40. The lowest BCUT2D eigenvalue weighted by Gasteiger charge is -2.17. The van der Waals surface area contributed by atoms with E-state index in [0.717, 1.165) is 6.07 Å². The first-order valence-corrected chi connectivity index (χ1v) is 7.22. The summed E-state index contributed by atoms with van der Waals surface area (Å²) in [6, 6.07) is 3.68. The van der Waals surface area contributed by atoms with Gasteiger partial charge in [-0.15, -0.1) is 3.71 Å². The molecule has 0 aliphatic heterocycles. The van der Waals surface area contributed by atoms with Crippen molar-refractivity contribution in [3.63, 3.8) is 0 Å². The Hall–Kier alpha value is -0.870. The van der Waals surface area contributed by atoms with E-state index < -0.39 is 30.0 Å². The number of aryl methyl sites for hydroxylation is 1.